The number of ether oxygens (including phenoxy) is 1. The minimum absolute atomic E-state index is 0. The predicted octanol–water partition coefficient (Wildman–Crippen LogP) is 2.73. The molecule has 100 valence electrons. The molecule has 0 radical (unpaired) electrons. The lowest BCUT2D eigenvalue weighted by Crippen LogP contribution is -2.23. The van der Waals surface area contributed by atoms with Crippen molar-refractivity contribution in [3.63, 3.8) is 0 Å². The fourth-order valence-corrected chi connectivity index (χ4v) is 2.15. The first-order chi connectivity index (χ1) is 8.92. The molecule has 1 aromatic heterocycles. The summed E-state index contributed by atoms with van der Waals surface area (Å²) in [5, 5.41) is 3.34. The first-order valence-electron chi connectivity index (χ1n) is 6.27. The first-order valence-corrected chi connectivity index (χ1v) is 6.27. The second kappa shape index (κ2) is 6.55. The summed E-state index contributed by atoms with van der Waals surface area (Å²) in [5.74, 6) is 0.722. The highest BCUT2D eigenvalue weighted by Gasteiger charge is 2.10. The van der Waals surface area contributed by atoms with Crippen molar-refractivity contribution < 1.29 is 4.74 Å². The molecule has 3 rings (SSSR count). The van der Waals surface area contributed by atoms with E-state index >= 15 is 0 Å². The largest absolute Gasteiger partial charge is 0.473 e. The molecule has 0 spiro atoms. The van der Waals surface area contributed by atoms with Crippen LogP contribution in [0.3, 0.4) is 0 Å². The van der Waals surface area contributed by atoms with Crippen LogP contribution in [0.1, 0.15) is 16.7 Å². The van der Waals surface area contributed by atoms with Crippen molar-refractivity contribution in [1.29, 1.82) is 0 Å². The van der Waals surface area contributed by atoms with Crippen LogP contribution in [0.4, 0.5) is 0 Å². The highest BCUT2D eigenvalue weighted by Crippen LogP contribution is 2.18. The van der Waals surface area contributed by atoms with Crippen LogP contribution in [0, 0.1) is 0 Å². The van der Waals surface area contributed by atoms with Gasteiger partial charge in [-0.25, -0.2) is 4.98 Å². The number of pyridine rings is 1. The smallest absolute Gasteiger partial charge is 0.213 e. The Balaban J connectivity index is 0.00000133. The molecule has 0 aliphatic carbocycles. The molecule has 0 fully saturated rings. The summed E-state index contributed by atoms with van der Waals surface area (Å²) >= 11 is 0. The Morgan fingerprint density at radius 1 is 1.16 bits per heavy atom. The fourth-order valence-electron chi connectivity index (χ4n) is 2.15. The molecular formula is C15H17ClN2O. The van der Waals surface area contributed by atoms with Crippen LogP contribution >= 0.6 is 12.4 Å². The second-order valence-electron chi connectivity index (χ2n) is 4.49. The van der Waals surface area contributed by atoms with E-state index in [-0.39, 0.29) is 12.4 Å². The third-order valence-corrected chi connectivity index (χ3v) is 3.17. The van der Waals surface area contributed by atoms with Gasteiger partial charge >= 0.3 is 0 Å². The number of nitrogens with zero attached hydrogens (tertiary/aromatic N) is 1. The predicted molar refractivity (Wildman–Crippen MR) is 77.7 cm³/mol. The van der Waals surface area contributed by atoms with E-state index in [9.17, 15) is 0 Å². The van der Waals surface area contributed by atoms with Crippen molar-refractivity contribution in [2.75, 3.05) is 6.54 Å². The van der Waals surface area contributed by atoms with Crippen molar-refractivity contribution in [1.82, 2.24) is 10.3 Å². The van der Waals surface area contributed by atoms with Gasteiger partial charge in [0.2, 0.25) is 5.88 Å². The average Bonchev–Trinajstić information content (AvgIpc) is 2.46. The standard InChI is InChI=1S/C15H16N2O.ClH/c1-2-4-12(5-3-1)11-18-15-8-13-6-7-16-9-14(13)10-17-15;/h1-5,8,10,16H,6-7,9,11H2;1H. The molecule has 1 aliphatic rings. The van der Waals surface area contributed by atoms with Crippen molar-refractivity contribution >= 4 is 12.4 Å². The van der Waals surface area contributed by atoms with E-state index < -0.39 is 0 Å². The van der Waals surface area contributed by atoms with Gasteiger partial charge in [-0.05, 0) is 29.7 Å². The highest BCUT2D eigenvalue weighted by atomic mass is 35.5. The van der Waals surface area contributed by atoms with Crippen molar-refractivity contribution in [2.45, 2.75) is 19.6 Å². The molecule has 0 saturated heterocycles. The van der Waals surface area contributed by atoms with Gasteiger partial charge in [0.25, 0.3) is 0 Å². The Hall–Kier alpha value is -1.58. The lowest BCUT2D eigenvalue weighted by atomic mass is 10.0. The first kappa shape index (κ1) is 13.8. The number of rotatable bonds is 3. The second-order valence-corrected chi connectivity index (χ2v) is 4.49. The van der Waals surface area contributed by atoms with Crippen molar-refractivity contribution in [3.05, 3.63) is 59.3 Å². The fraction of sp³-hybridized carbons (Fsp3) is 0.267. The zero-order valence-electron chi connectivity index (χ0n) is 10.6. The van der Waals surface area contributed by atoms with Gasteiger partial charge in [0.1, 0.15) is 6.61 Å². The maximum Gasteiger partial charge on any atom is 0.213 e. The highest BCUT2D eigenvalue weighted by molar-refractivity contribution is 5.85. The van der Waals surface area contributed by atoms with Crippen LogP contribution in [0.15, 0.2) is 42.6 Å². The van der Waals surface area contributed by atoms with Crippen LogP contribution in [0.2, 0.25) is 0 Å². The normalized spacial score (nSPS) is 13.3. The van der Waals surface area contributed by atoms with Gasteiger partial charge in [-0.2, -0.15) is 0 Å². The molecular weight excluding hydrogens is 260 g/mol. The van der Waals surface area contributed by atoms with Crippen LogP contribution < -0.4 is 10.1 Å². The molecule has 19 heavy (non-hydrogen) atoms. The SMILES string of the molecule is Cl.c1ccc(COc2cc3c(cn2)CNCC3)cc1. The summed E-state index contributed by atoms with van der Waals surface area (Å²) in [6.45, 7) is 2.53. The quantitative estimate of drug-likeness (QED) is 0.936. The lowest BCUT2D eigenvalue weighted by Gasteiger charge is -2.17. The molecule has 1 aromatic carbocycles. The minimum Gasteiger partial charge on any atom is -0.473 e. The molecule has 0 saturated carbocycles. The zero-order valence-corrected chi connectivity index (χ0v) is 11.5. The number of hydrogen-bond acceptors (Lipinski definition) is 3. The van der Waals surface area contributed by atoms with Crippen LogP contribution in [0.25, 0.3) is 0 Å². The van der Waals surface area contributed by atoms with Crippen LogP contribution in [-0.2, 0) is 19.6 Å². The summed E-state index contributed by atoms with van der Waals surface area (Å²) < 4.78 is 5.73. The van der Waals surface area contributed by atoms with E-state index in [0.29, 0.717) is 6.61 Å². The molecule has 0 atom stereocenters. The lowest BCUT2D eigenvalue weighted by molar-refractivity contribution is 0.293. The van der Waals surface area contributed by atoms with E-state index in [0.717, 1.165) is 25.4 Å². The molecule has 2 aromatic rings. The summed E-state index contributed by atoms with van der Waals surface area (Å²) in [6.07, 6.45) is 2.97. The topological polar surface area (TPSA) is 34.1 Å². The molecule has 1 N–H and O–H groups in total. The Kier molecular flexibility index (Phi) is 4.77. The maximum atomic E-state index is 5.73. The molecule has 0 amide bonds. The summed E-state index contributed by atoms with van der Waals surface area (Å²) in [7, 11) is 0. The van der Waals surface area contributed by atoms with Crippen LogP contribution in [0.5, 0.6) is 5.88 Å². The van der Waals surface area contributed by atoms with Gasteiger partial charge in [0.05, 0.1) is 0 Å². The van der Waals surface area contributed by atoms with Gasteiger partial charge in [-0.3, -0.25) is 0 Å². The monoisotopic (exact) mass is 276 g/mol. The van der Waals surface area contributed by atoms with E-state index in [1.165, 1.54) is 16.7 Å². The molecule has 0 bridgehead atoms. The van der Waals surface area contributed by atoms with Gasteiger partial charge in [0, 0.05) is 18.8 Å². The Bertz CT molecular complexity index is 531. The zero-order chi connectivity index (χ0) is 12.2. The van der Waals surface area contributed by atoms with Crippen LogP contribution in [-0.4, -0.2) is 11.5 Å². The number of aromatic nitrogens is 1. The summed E-state index contributed by atoms with van der Waals surface area (Å²) in [6, 6.07) is 12.2. The molecule has 0 unspecified atom stereocenters. The van der Waals surface area contributed by atoms with E-state index in [1.807, 2.05) is 24.4 Å². The van der Waals surface area contributed by atoms with Gasteiger partial charge in [-0.15, -0.1) is 12.4 Å². The summed E-state index contributed by atoms with van der Waals surface area (Å²) in [5.41, 5.74) is 3.80. The van der Waals surface area contributed by atoms with E-state index in [2.05, 4.69) is 28.5 Å². The molecule has 4 heteroatoms. The Labute approximate surface area is 119 Å². The molecule has 2 heterocycles. The molecule has 1 aliphatic heterocycles. The minimum atomic E-state index is 0. The molecule has 3 nitrogen and oxygen atoms in total. The number of nitrogens with one attached hydrogen (secondary N) is 1. The van der Waals surface area contributed by atoms with E-state index in [4.69, 9.17) is 4.74 Å². The third-order valence-electron chi connectivity index (χ3n) is 3.17. The van der Waals surface area contributed by atoms with Gasteiger partial charge < -0.3 is 10.1 Å². The maximum absolute atomic E-state index is 5.73. The third kappa shape index (κ3) is 3.46. The summed E-state index contributed by atoms with van der Waals surface area (Å²) in [4.78, 5) is 4.34. The Morgan fingerprint density at radius 3 is 2.84 bits per heavy atom. The number of fused-ring (bicyclic) bond motifs is 1. The van der Waals surface area contributed by atoms with Crippen molar-refractivity contribution in [2.24, 2.45) is 0 Å². The number of hydrogen-bond donors (Lipinski definition) is 1. The van der Waals surface area contributed by atoms with Gasteiger partial charge in [0.15, 0.2) is 0 Å². The van der Waals surface area contributed by atoms with Crippen molar-refractivity contribution in [3.8, 4) is 5.88 Å². The number of halogens is 1. The average molecular weight is 277 g/mol. The number of benzene rings is 1. The van der Waals surface area contributed by atoms with Gasteiger partial charge in [-0.1, -0.05) is 30.3 Å². The Morgan fingerprint density at radius 2 is 2.00 bits per heavy atom. The van der Waals surface area contributed by atoms with E-state index in [1.54, 1.807) is 0 Å².